The Labute approximate surface area is 105 Å². The summed E-state index contributed by atoms with van der Waals surface area (Å²) in [6, 6.07) is 12.2. The Balaban J connectivity index is 1.90. The van der Waals surface area contributed by atoms with Gasteiger partial charge in [-0.25, -0.2) is 15.2 Å². The van der Waals surface area contributed by atoms with Crippen molar-refractivity contribution in [1.82, 2.24) is 4.98 Å². The number of halogens is 1. The molecule has 4 N–H and O–H groups in total. The zero-order chi connectivity index (χ0) is 12.8. The van der Waals surface area contributed by atoms with Crippen LogP contribution in [0.3, 0.4) is 0 Å². The van der Waals surface area contributed by atoms with E-state index in [1.807, 2.05) is 18.2 Å². The number of aromatic nitrogens is 1. The average molecular weight is 246 g/mol. The number of nitrogens with two attached hydrogens (primary N) is 1. The third-order valence-corrected chi connectivity index (χ3v) is 2.56. The Hall–Kier alpha value is -2.14. The maximum Gasteiger partial charge on any atom is 0.142 e. The first-order chi connectivity index (χ1) is 8.79. The number of hydrazine groups is 1. The molecular weight excluding hydrogens is 231 g/mol. The molecule has 1 aromatic carbocycles. The van der Waals surface area contributed by atoms with Gasteiger partial charge in [0.15, 0.2) is 0 Å². The van der Waals surface area contributed by atoms with Crippen molar-refractivity contribution in [1.29, 1.82) is 0 Å². The Kier molecular flexibility index (Phi) is 4.09. The van der Waals surface area contributed by atoms with Crippen molar-refractivity contribution in [3.8, 4) is 0 Å². The lowest BCUT2D eigenvalue weighted by Crippen LogP contribution is -2.11. The highest BCUT2D eigenvalue weighted by Gasteiger charge is 2.00. The lowest BCUT2D eigenvalue weighted by molar-refractivity contribution is 0.610. The number of nitrogen functional groups attached to an aromatic ring is 1. The van der Waals surface area contributed by atoms with E-state index in [-0.39, 0.29) is 5.82 Å². The normalized spacial score (nSPS) is 10.1. The highest BCUT2D eigenvalue weighted by molar-refractivity contribution is 5.44. The van der Waals surface area contributed by atoms with Crippen LogP contribution in [0.2, 0.25) is 0 Å². The molecule has 0 bridgehead atoms. The van der Waals surface area contributed by atoms with Crippen molar-refractivity contribution in [3.05, 3.63) is 53.8 Å². The number of anilines is 2. The molecule has 1 heterocycles. The van der Waals surface area contributed by atoms with Crippen LogP contribution in [-0.4, -0.2) is 11.5 Å². The van der Waals surface area contributed by atoms with Crippen LogP contribution in [0.4, 0.5) is 16.0 Å². The first-order valence-electron chi connectivity index (χ1n) is 5.70. The molecule has 0 unspecified atom stereocenters. The summed E-state index contributed by atoms with van der Waals surface area (Å²) < 4.78 is 13.4. The molecule has 5 heteroatoms. The highest BCUT2D eigenvalue weighted by atomic mass is 19.1. The number of benzene rings is 1. The van der Waals surface area contributed by atoms with Crippen LogP contribution in [0, 0.1) is 5.82 Å². The molecule has 4 nitrogen and oxygen atoms in total. The van der Waals surface area contributed by atoms with E-state index in [2.05, 4.69) is 15.7 Å². The van der Waals surface area contributed by atoms with Gasteiger partial charge in [-0.1, -0.05) is 24.3 Å². The van der Waals surface area contributed by atoms with Crippen LogP contribution in [0.5, 0.6) is 0 Å². The van der Waals surface area contributed by atoms with Gasteiger partial charge in [0.25, 0.3) is 0 Å². The Morgan fingerprint density at radius 1 is 1.06 bits per heavy atom. The molecular formula is C13H15FN4. The van der Waals surface area contributed by atoms with Crippen LogP contribution in [0.1, 0.15) is 5.56 Å². The van der Waals surface area contributed by atoms with Gasteiger partial charge in [-0.2, -0.15) is 0 Å². The second-order valence-electron chi connectivity index (χ2n) is 3.82. The van der Waals surface area contributed by atoms with Gasteiger partial charge < -0.3 is 10.7 Å². The van der Waals surface area contributed by atoms with Crippen LogP contribution in [-0.2, 0) is 6.42 Å². The maximum absolute atomic E-state index is 13.4. The van der Waals surface area contributed by atoms with E-state index in [9.17, 15) is 4.39 Å². The molecule has 0 aliphatic rings. The van der Waals surface area contributed by atoms with Crippen LogP contribution in [0.25, 0.3) is 0 Å². The molecule has 18 heavy (non-hydrogen) atoms. The summed E-state index contributed by atoms with van der Waals surface area (Å²) in [5.41, 5.74) is 3.17. The summed E-state index contributed by atoms with van der Waals surface area (Å²) in [6.07, 6.45) is 0.606. The fourth-order valence-electron chi connectivity index (χ4n) is 1.64. The smallest absolute Gasteiger partial charge is 0.142 e. The Bertz CT molecular complexity index is 516. The summed E-state index contributed by atoms with van der Waals surface area (Å²) in [5, 5.41) is 3.12. The zero-order valence-corrected chi connectivity index (χ0v) is 9.86. The quantitative estimate of drug-likeness (QED) is 0.559. The summed E-state index contributed by atoms with van der Waals surface area (Å²) in [7, 11) is 0. The van der Waals surface area contributed by atoms with Crippen LogP contribution < -0.4 is 16.6 Å². The molecule has 2 aromatic rings. The fourth-order valence-corrected chi connectivity index (χ4v) is 1.64. The van der Waals surface area contributed by atoms with E-state index in [4.69, 9.17) is 5.84 Å². The van der Waals surface area contributed by atoms with Gasteiger partial charge in [-0.05, 0) is 30.2 Å². The van der Waals surface area contributed by atoms with Gasteiger partial charge in [-0.3, -0.25) is 0 Å². The minimum atomic E-state index is -0.176. The summed E-state index contributed by atoms with van der Waals surface area (Å²) in [6.45, 7) is 0.613. The Morgan fingerprint density at radius 2 is 1.83 bits per heavy atom. The standard InChI is InChI=1S/C13H15FN4/c14-11-5-2-1-4-10(11)8-9-16-12-6-3-7-13(17-12)18-15/h1-7H,8-9,15H2,(H2,16,17,18). The molecule has 0 atom stereocenters. The second kappa shape index (κ2) is 5.97. The van der Waals surface area contributed by atoms with Crippen molar-refractivity contribution in [2.45, 2.75) is 6.42 Å². The first kappa shape index (κ1) is 12.3. The van der Waals surface area contributed by atoms with Gasteiger partial charge >= 0.3 is 0 Å². The van der Waals surface area contributed by atoms with E-state index in [0.29, 0.717) is 30.2 Å². The predicted octanol–water partition coefficient (Wildman–Crippen LogP) is 2.16. The monoisotopic (exact) mass is 246 g/mol. The average Bonchev–Trinajstić information content (AvgIpc) is 2.41. The van der Waals surface area contributed by atoms with E-state index in [1.54, 1.807) is 18.2 Å². The molecule has 0 saturated carbocycles. The molecule has 0 fully saturated rings. The van der Waals surface area contributed by atoms with Gasteiger partial charge in [0.05, 0.1) is 0 Å². The number of nitrogens with one attached hydrogen (secondary N) is 2. The molecule has 0 amide bonds. The second-order valence-corrected chi connectivity index (χ2v) is 3.82. The van der Waals surface area contributed by atoms with Crippen LogP contribution >= 0.6 is 0 Å². The number of hydrogen-bond donors (Lipinski definition) is 3. The summed E-state index contributed by atoms with van der Waals surface area (Å²) in [5.74, 6) is 6.39. The fraction of sp³-hybridized carbons (Fsp3) is 0.154. The van der Waals surface area contributed by atoms with Gasteiger partial charge in [0, 0.05) is 6.54 Å². The Morgan fingerprint density at radius 3 is 2.61 bits per heavy atom. The highest BCUT2D eigenvalue weighted by Crippen LogP contribution is 2.10. The predicted molar refractivity (Wildman–Crippen MR) is 70.6 cm³/mol. The third-order valence-electron chi connectivity index (χ3n) is 2.56. The summed E-state index contributed by atoms with van der Waals surface area (Å²) in [4.78, 5) is 4.20. The molecule has 0 radical (unpaired) electrons. The largest absolute Gasteiger partial charge is 0.370 e. The molecule has 94 valence electrons. The van der Waals surface area contributed by atoms with Crippen molar-refractivity contribution >= 4 is 11.6 Å². The topological polar surface area (TPSA) is 63.0 Å². The minimum absolute atomic E-state index is 0.176. The van der Waals surface area contributed by atoms with Gasteiger partial charge in [0.2, 0.25) is 0 Å². The zero-order valence-electron chi connectivity index (χ0n) is 9.86. The molecule has 1 aromatic heterocycles. The number of nitrogens with zero attached hydrogens (tertiary/aromatic N) is 1. The van der Waals surface area contributed by atoms with Crippen molar-refractivity contribution in [3.63, 3.8) is 0 Å². The number of hydrogen-bond acceptors (Lipinski definition) is 4. The minimum Gasteiger partial charge on any atom is -0.370 e. The molecule has 0 aliphatic carbocycles. The lowest BCUT2D eigenvalue weighted by atomic mass is 10.1. The summed E-state index contributed by atoms with van der Waals surface area (Å²) >= 11 is 0. The van der Waals surface area contributed by atoms with Crippen molar-refractivity contribution in [2.75, 3.05) is 17.3 Å². The van der Waals surface area contributed by atoms with Gasteiger partial charge in [0.1, 0.15) is 17.5 Å². The number of rotatable bonds is 5. The van der Waals surface area contributed by atoms with Crippen molar-refractivity contribution in [2.24, 2.45) is 5.84 Å². The molecule has 2 rings (SSSR count). The maximum atomic E-state index is 13.4. The molecule has 0 saturated heterocycles. The lowest BCUT2D eigenvalue weighted by Gasteiger charge is -2.07. The SMILES string of the molecule is NNc1cccc(NCCc2ccccc2F)n1. The number of pyridine rings is 1. The first-order valence-corrected chi connectivity index (χ1v) is 5.70. The van der Waals surface area contributed by atoms with Gasteiger partial charge in [-0.15, -0.1) is 0 Å². The molecule has 0 aliphatic heterocycles. The third kappa shape index (κ3) is 3.18. The van der Waals surface area contributed by atoms with Crippen LogP contribution in [0.15, 0.2) is 42.5 Å². The van der Waals surface area contributed by atoms with E-state index in [0.717, 1.165) is 0 Å². The van der Waals surface area contributed by atoms with E-state index < -0.39 is 0 Å². The molecule has 0 spiro atoms. The van der Waals surface area contributed by atoms with Crippen molar-refractivity contribution < 1.29 is 4.39 Å². The van der Waals surface area contributed by atoms with E-state index in [1.165, 1.54) is 6.07 Å². The van der Waals surface area contributed by atoms with E-state index >= 15 is 0 Å².